The summed E-state index contributed by atoms with van der Waals surface area (Å²) in [5.74, 6) is 1.92. The van der Waals surface area contributed by atoms with Crippen molar-refractivity contribution in [2.24, 2.45) is 47.3 Å². The normalized spacial score (nSPS) is 15.5. The molecule has 0 spiro atoms. The molecule has 8 atom stereocenters. The Kier molecular flexibility index (Phi) is 41.3. The summed E-state index contributed by atoms with van der Waals surface area (Å²) in [4.78, 5) is -1.91. The minimum Gasteiger partial charge on any atom is -0.396 e. The summed E-state index contributed by atoms with van der Waals surface area (Å²) in [5, 5.41) is 45.9. The lowest BCUT2D eigenvalue weighted by molar-refractivity contribution is 0.136. The first-order valence-electron chi connectivity index (χ1n) is 40.3. The van der Waals surface area contributed by atoms with Crippen LogP contribution in [0, 0.1) is 88.9 Å². The molecule has 0 fully saturated rings. The van der Waals surface area contributed by atoms with E-state index >= 15 is 0 Å². The molecule has 8 aromatic carbocycles. The third-order valence-corrected chi connectivity index (χ3v) is 23.0. The predicted molar refractivity (Wildman–Crippen MR) is 472 cm³/mol. The van der Waals surface area contributed by atoms with E-state index in [1.807, 2.05) is 6.92 Å². The van der Waals surface area contributed by atoms with Crippen LogP contribution in [0.25, 0.3) is 0 Å². The Morgan fingerprint density at radius 1 is 0.244 bits per heavy atom. The summed E-state index contributed by atoms with van der Waals surface area (Å²) in [6.45, 7) is 48.0. The van der Waals surface area contributed by atoms with Gasteiger partial charge in [-0.25, -0.2) is 4.18 Å². The average molecular weight is 1760 g/mol. The predicted octanol–water partition coefficient (Wildman–Crippen LogP) is 31.7. The fourth-order valence-corrected chi connectivity index (χ4v) is 13.7. The Bertz CT molecular complexity index is 4000. The maximum atomic E-state index is 12.6. The minimum atomic E-state index is -9.96. The highest BCUT2D eigenvalue weighted by Gasteiger charge is 2.68. The molecule has 8 aromatic rings. The molecular formula is C94H137F15O7S3. The van der Waals surface area contributed by atoms with Crippen LogP contribution in [0.1, 0.15) is 250 Å². The van der Waals surface area contributed by atoms with E-state index in [0.717, 1.165) is 35.6 Å². The summed E-state index contributed by atoms with van der Waals surface area (Å²) >= 11 is 0. The van der Waals surface area contributed by atoms with E-state index in [4.69, 9.17) is 5.11 Å². The molecule has 0 aliphatic heterocycles. The van der Waals surface area contributed by atoms with Gasteiger partial charge in [0.2, 0.25) is 0 Å². The first-order chi connectivity index (χ1) is 54.1. The van der Waals surface area contributed by atoms with Gasteiger partial charge in [0, 0.05) is 35.5 Å². The molecule has 5 N–H and O–H groups in total. The second-order valence-corrected chi connectivity index (χ2v) is 40.2. The number of aliphatic hydroxyl groups is 5. The molecule has 8 rings (SSSR count). The molecule has 0 bridgehead atoms. The second kappa shape index (κ2) is 44.6. The summed E-state index contributed by atoms with van der Waals surface area (Å²) < 4.78 is 191. The maximum absolute atomic E-state index is 12.6. The van der Waals surface area contributed by atoms with E-state index in [9.17, 15) is 78.7 Å². The van der Waals surface area contributed by atoms with Crippen LogP contribution in [0.4, 0.5) is 58.3 Å². The molecule has 0 radical (unpaired) electrons. The number of hydrogen-bond donors (Lipinski definition) is 5. The van der Waals surface area contributed by atoms with Crippen molar-refractivity contribution in [3.8, 4) is 5.75 Å². The zero-order chi connectivity index (χ0) is 92.0. The van der Waals surface area contributed by atoms with Gasteiger partial charge in [-0.15, -0.1) is 0 Å². The standard InChI is InChI=1S/C12H17F5OS.3C12H18O.2C12H18.C11H15F5O2S.C11H15F5OS/c1-9(2)12(8-18-19(13,14,15,16)17)11-6-4-10(3)5-7-11;3*1-9(2)12(8-13)11-6-4-10(3)5-7-11;2*1-9(2)11(4)12-7-5-10(3)6-8-12;1-8(2)11(7-17)9-4-3-5-10(6-9)18-19(12,13,14,15)16;1-8(2)11(7-17)9-4-3-5-10(6-9)18(12,13,14,15)16/h4-7,9,12H,8H2,1-3H3;3*4-7,9,12-13H,8H2,1-3H3;2*5-9,11H,1-4H3;3-6,8,11,17H,7H2,1-2H3;3-6,8,11,17H,7H2,1-2H3. The van der Waals surface area contributed by atoms with Crippen molar-refractivity contribution >= 4 is 31.2 Å². The highest BCUT2D eigenvalue weighted by Crippen LogP contribution is 3.02. The van der Waals surface area contributed by atoms with E-state index < -0.39 is 66.2 Å². The average Bonchev–Trinajstić information content (AvgIpc) is 0.725. The van der Waals surface area contributed by atoms with Gasteiger partial charge in [-0.2, -0.15) is 0 Å². The number of hydrogen-bond acceptors (Lipinski definition) is 7. The Hall–Kier alpha value is -6.68. The molecule has 0 aliphatic rings. The molecule has 8 unspecified atom stereocenters. The van der Waals surface area contributed by atoms with Gasteiger partial charge in [0.1, 0.15) is 10.6 Å². The molecule has 0 heterocycles. The lowest BCUT2D eigenvalue weighted by atomic mass is 9.89. The molecule has 678 valence electrons. The van der Waals surface area contributed by atoms with Gasteiger partial charge in [-0.3, -0.25) is 0 Å². The van der Waals surface area contributed by atoms with E-state index in [-0.39, 0.29) is 74.1 Å². The van der Waals surface area contributed by atoms with Crippen molar-refractivity contribution < 1.29 is 92.2 Å². The number of benzene rings is 8. The van der Waals surface area contributed by atoms with Crippen LogP contribution in [-0.4, -0.2) is 65.2 Å². The van der Waals surface area contributed by atoms with Crippen molar-refractivity contribution in [3.05, 3.63) is 272 Å². The van der Waals surface area contributed by atoms with Crippen molar-refractivity contribution in [2.75, 3.05) is 39.6 Å². The summed E-state index contributed by atoms with van der Waals surface area (Å²) in [6, 6.07) is 57.0. The van der Waals surface area contributed by atoms with Gasteiger partial charge < -0.3 is 29.7 Å². The smallest absolute Gasteiger partial charge is 0.396 e. The number of aliphatic hydroxyl groups excluding tert-OH is 5. The van der Waals surface area contributed by atoms with Gasteiger partial charge >= 0.3 is 31.2 Å². The van der Waals surface area contributed by atoms with E-state index in [1.54, 1.807) is 65.8 Å². The Balaban J connectivity index is 0.000000685. The van der Waals surface area contributed by atoms with Crippen LogP contribution in [0.3, 0.4) is 0 Å². The van der Waals surface area contributed by atoms with Crippen molar-refractivity contribution in [1.82, 2.24) is 0 Å². The summed E-state index contributed by atoms with van der Waals surface area (Å²) in [5.41, 5.74) is 15.0. The molecule has 0 saturated heterocycles. The van der Waals surface area contributed by atoms with Crippen molar-refractivity contribution in [1.29, 1.82) is 0 Å². The van der Waals surface area contributed by atoms with Crippen LogP contribution in [0.15, 0.2) is 199 Å². The SMILES string of the molecule is CC(C)C(CO)c1cccc(OS(F)(F)(F)(F)F)c1.CC(C)C(CO)c1cccc(S(F)(F)(F)(F)F)c1.Cc1ccc(C(C)C(C)C)cc1.Cc1ccc(C(C)C(C)C)cc1.Cc1ccc(C(CO)C(C)C)cc1.Cc1ccc(C(CO)C(C)C)cc1.Cc1ccc(C(CO)C(C)C)cc1.Cc1ccc(C(COS(F)(F)(F)(F)F)C(C)C)cc1. The topological polar surface area (TPSA) is 120 Å². The first kappa shape index (κ1) is 110. The third kappa shape index (κ3) is 44.8. The zero-order valence-electron chi connectivity index (χ0n) is 73.9. The maximum Gasteiger partial charge on any atom is 0.435 e. The van der Waals surface area contributed by atoms with Crippen LogP contribution < -0.4 is 4.18 Å². The van der Waals surface area contributed by atoms with E-state index in [0.29, 0.717) is 52.8 Å². The van der Waals surface area contributed by atoms with Crippen molar-refractivity contribution in [3.63, 3.8) is 0 Å². The highest BCUT2D eigenvalue weighted by atomic mass is 32.5. The largest absolute Gasteiger partial charge is 0.435 e. The lowest BCUT2D eigenvalue weighted by Crippen LogP contribution is -2.19. The first-order valence-corrected chi connectivity index (χ1v) is 46.0. The second-order valence-electron chi connectivity index (χ2n) is 33.8. The molecule has 0 aromatic heterocycles. The fourth-order valence-electron chi connectivity index (χ4n) is 12.1. The van der Waals surface area contributed by atoms with Gasteiger partial charge in [-0.05, 0) is 169 Å². The number of aryl methyl sites for hydroxylation is 6. The van der Waals surface area contributed by atoms with Gasteiger partial charge in [-0.1, -0.05) is 386 Å². The van der Waals surface area contributed by atoms with Gasteiger partial charge in [0.15, 0.2) is 0 Å². The molecule has 0 saturated carbocycles. The third-order valence-electron chi connectivity index (χ3n) is 20.8. The Morgan fingerprint density at radius 2 is 0.462 bits per heavy atom. The molecule has 0 aliphatic carbocycles. The van der Waals surface area contributed by atoms with Gasteiger partial charge in [0.25, 0.3) is 0 Å². The highest BCUT2D eigenvalue weighted by molar-refractivity contribution is 8.45. The van der Waals surface area contributed by atoms with Crippen LogP contribution >= 0.6 is 31.2 Å². The molecule has 25 heteroatoms. The summed E-state index contributed by atoms with van der Waals surface area (Å²) in [7, 11) is -29.4. The Labute approximate surface area is 702 Å². The van der Waals surface area contributed by atoms with Crippen LogP contribution in [0.5, 0.6) is 5.75 Å². The van der Waals surface area contributed by atoms with E-state index in [1.165, 1.54) is 73.8 Å². The lowest BCUT2D eigenvalue weighted by Gasteiger charge is -2.41. The van der Waals surface area contributed by atoms with Crippen LogP contribution in [0.2, 0.25) is 0 Å². The van der Waals surface area contributed by atoms with Crippen molar-refractivity contribution in [2.45, 2.75) is 218 Å². The Morgan fingerprint density at radius 3 is 0.672 bits per heavy atom. The van der Waals surface area contributed by atoms with E-state index in [2.05, 4.69) is 247 Å². The quantitative estimate of drug-likeness (QED) is 0.0325. The van der Waals surface area contributed by atoms with Gasteiger partial charge in [0.05, 0.1) is 39.6 Å². The fraction of sp³-hybridized carbons (Fsp3) is 0.489. The summed E-state index contributed by atoms with van der Waals surface area (Å²) in [6.07, 6.45) is 0. The molecule has 7 nitrogen and oxygen atoms in total. The van der Waals surface area contributed by atoms with Crippen LogP contribution in [-0.2, 0) is 4.18 Å². The zero-order valence-corrected chi connectivity index (χ0v) is 76.4. The number of rotatable bonds is 27. The molecule has 119 heavy (non-hydrogen) atoms. The monoisotopic (exact) mass is 1760 g/mol. The molecule has 0 amide bonds. The number of halogens is 15. The minimum absolute atomic E-state index is 0.0554. The molecular weight excluding hydrogens is 1620 g/mol.